The van der Waals surface area contributed by atoms with Crippen LogP contribution in [0.4, 0.5) is 21.9 Å². The summed E-state index contributed by atoms with van der Waals surface area (Å²) in [6.07, 6.45) is 2.20. The number of ether oxygens (including phenoxy) is 2. The van der Waals surface area contributed by atoms with Crippen LogP contribution in [0.25, 0.3) is 11.3 Å². The van der Waals surface area contributed by atoms with Gasteiger partial charge in [0.2, 0.25) is 0 Å². The highest BCUT2D eigenvalue weighted by Crippen LogP contribution is 2.32. The Morgan fingerprint density at radius 1 is 0.909 bits per heavy atom. The summed E-state index contributed by atoms with van der Waals surface area (Å²) in [5.74, 6) is -0.828. The van der Waals surface area contributed by atoms with Gasteiger partial charge in [-0.25, -0.2) is 9.78 Å². The van der Waals surface area contributed by atoms with E-state index in [1.54, 1.807) is 57.2 Å². The van der Waals surface area contributed by atoms with E-state index in [2.05, 4.69) is 20.9 Å². The second-order valence-corrected chi connectivity index (χ2v) is 7.90. The molecule has 0 aliphatic carbocycles. The van der Waals surface area contributed by atoms with Gasteiger partial charge in [0.15, 0.2) is 12.2 Å². The second-order valence-electron chi connectivity index (χ2n) is 7.90. The molecule has 0 aliphatic rings. The van der Waals surface area contributed by atoms with Gasteiger partial charge in [0, 0.05) is 23.1 Å². The Kier molecular flexibility index (Phi) is 6.97. The fourth-order valence-corrected chi connectivity index (χ4v) is 2.79. The standard InChI is InChI=1S/C23H24N4O6/c1-23(2,3)33-22(30)27-15-7-5-6-14(10-15)25-20(28)21(29)26-16-8-9-17(18(11-16)31-4)19-12-24-13-32-19/h5-13H,1-4H3,(H,25,28)(H,26,29)(H,27,30). The molecule has 3 aromatic rings. The van der Waals surface area contributed by atoms with E-state index in [4.69, 9.17) is 13.9 Å². The van der Waals surface area contributed by atoms with Crippen LogP contribution in [-0.4, -0.2) is 35.6 Å². The molecule has 3 N–H and O–H groups in total. The van der Waals surface area contributed by atoms with Crippen LogP contribution in [0.5, 0.6) is 5.75 Å². The van der Waals surface area contributed by atoms with Crippen molar-refractivity contribution >= 4 is 35.0 Å². The van der Waals surface area contributed by atoms with Crippen molar-refractivity contribution < 1.29 is 28.3 Å². The Bertz CT molecular complexity index is 1150. The van der Waals surface area contributed by atoms with Gasteiger partial charge >= 0.3 is 17.9 Å². The van der Waals surface area contributed by atoms with Gasteiger partial charge in [-0.2, -0.15) is 0 Å². The van der Waals surface area contributed by atoms with Crippen LogP contribution in [0.2, 0.25) is 0 Å². The summed E-state index contributed by atoms with van der Waals surface area (Å²) in [4.78, 5) is 40.5. The van der Waals surface area contributed by atoms with E-state index in [1.807, 2.05) is 0 Å². The Hall–Kier alpha value is -4.34. The quantitative estimate of drug-likeness (QED) is 0.492. The van der Waals surface area contributed by atoms with Crippen molar-refractivity contribution in [3.63, 3.8) is 0 Å². The molecule has 1 aromatic heterocycles. The van der Waals surface area contributed by atoms with Gasteiger partial charge < -0.3 is 24.5 Å². The summed E-state index contributed by atoms with van der Waals surface area (Å²) in [5, 5.41) is 7.57. The minimum Gasteiger partial charge on any atom is -0.496 e. The van der Waals surface area contributed by atoms with Gasteiger partial charge in [-0.05, 0) is 51.1 Å². The predicted octanol–water partition coefficient (Wildman–Crippen LogP) is 4.27. The maximum Gasteiger partial charge on any atom is 0.412 e. The van der Waals surface area contributed by atoms with Crippen LogP contribution in [-0.2, 0) is 14.3 Å². The molecule has 0 unspecified atom stereocenters. The molecule has 2 aromatic carbocycles. The third kappa shape index (κ3) is 6.57. The number of amides is 3. The molecule has 3 rings (SSSR count). The number of anilines is 3. The zero-order valence-electron chi connectivity index (χ0n) is 18.6. The fraction of sp³-hybridized carbons (Fsp3) is 0.217. The summed E-state index contributed by atoms with van der Waals surface area (Å²) in [6.45, 7) is 5.25. The number of aromatic nitrogens is 1. The lowest BCUT2D eigenvalue weighted by Gasteiger charge is -2.19. The smallest absolute Gasteiger partial charge is 0.412 e. The van der Waals surface area contributed by atoms with Gasteiger partial charge in [0.05, 0.1) is 18.9 Å². The van der Waals surface area contributed by atoms with Crippen molar-refractivity contribution in [2.24, 2.45) is 0 Å². The van der Waals surface area contributed by atoms with Crippen LogP contribution in [0, 0.1) is 0 Å². The third-order valence-corrected chi connectivity index (χ3v) is 4.13. The zero-order chi connectivity index (χ0) is 24.0. The predicted molar refractivity (Wildman–Crippen MR) is 122 cm³/mol. The number of rotatable bonds is 5. The van der Waals surface area contributed by atoms with E-state index in [1.165, 1.54) is 25.8 Å². The van der Waals surface area contributed by atoms with Gasteiger partial charge in [-0.3, -0.25) is 14.9 Å². The topological polar surface area (TPSA) is 132 Å². The van der Waals surface area contributed by atoms with E-state index >= 15 is 0 Å². The van der Waals surface area contributed by atoms with Gasteiger partial charge in [0.1, 0.15) is 11.4 Å². The molecule has 1 heterocycles. The van der Waals surface area contributed by atoms with Gasteiger partial charge in [-0.15, -0.1) is 0 Å². The molecule has 10 nitrogen and oxygen atoms in total. The minimum absolute atomic E-state index is 0.321. The Morgan fingerprint density at radius 2 is 1.55 bits per heavy atom. The molecule has 0 fully saturated rings. The molecule has 33 heavy (non-hydrogen) atoms. The first-order valence-electron chi connectivity index (χ1n) is 9.94. The summed E-state index contributed by atoms with van der Waals surface area (Å²) in [5.41, 5.74) is 1.07. The van der Waals surface area contributed by atoms with E-state index in [0.29, 0.717) is 34.1 Å². The molecule has 0 bridgehead atoms. The Balaban J connectivity index is 1.63. The normalized spacial score (nSPS) is 10.8. The molecule has 0 aliphatic heterocycles. The number of nitrogens with one attached hydrogen (secondary N) is 3. The van der Waals surface area contributed by atoms with Crippen LogP contribution in [0.15, 0.2) is 59.5 Å². The molecule has 172 valence electrons. The van der Waals surface area contributed by atoms with Crippen LogP contribution in [0.3, 0.4) is 0 Å². The van der Waals surface area contributed by atoms with Crippen LogP contribution in [0.1, 0.15) is 20.8 Å². The lowest BCUT2D eigenvalue weighted by Crippen LogP contribution is -2.29. The van der Waals surface area contributed by atoms with Crippen molar-refractivity contribution in [3.8, 4) is 17.1 Å². The minimum atomic E-state index is -0.886. The van der Waals surface area contributed by atoms with E-state index in [9.17, 15) is 14.4 Å². The average Bonchev–Trinajstić information content (AvgIpc) is 3.27. The summed E-state index contributed by atoms with van der Waals surface area (Å²) < 4.78 is 15.8. The zero-order valence-corrected chi connectivity index (χ0v) is 18.6. The highest BCUT2D eigenvalue weighted by Gasteiger charge is 2.18. The molecule has 3 amide bonds. The number of oxazole rings is 1. The highest BCUT2D eigenvalue weighted by molar-refractivity contribution is 6.43. The molecule has 0 radical (unpaired) electrons. The second kappa shape index (κ2) is 9.86. The largest absolute Gasteiger partial charge is 0.496 e. The fourth-order valence-electron chi connectivity index (χ4n) is 2.79. The highest BCUT2D eigenvalue weighted by atomic mass is 16.6. The summed E-state index contributed by atoms with van der Waals surface area (Å²) in [6, 6.07) is 11.2. The number of benzene rings is 2. The number of carbonyl (C=O) groups is 3. The number of methoxy groups -OCH3 is 1. The number of carbonyl (C=O) groups excluding carboxylic acids is 3. The lowest BCUT2D eigenvalue weighted by atomic mass is 10.1. The first-order valence-corrected chi connectivity index (χ1v) is 9.94. The molecule has 0 saturated carbocycles. The molecular formula is C23H24N4O6. The first kappa shape index (κ1) is 23.3. The third-order valence-electron chi connectivity index (χ3n) is 4.13. The van der Waals surface area contributed by atoms with Crippen molar-refractivity contribution in [1.82, 2.24) is 4.98 Å². The molecule has 10 heteroatoms. The maximum absolute atomic E-state index is 12.4. The van der Waals surface area contributed by atoms with E-state index in [0.717, 1.165) is 0 Å². The van der Waals surface area contributed by atoms with Crippen LogP contribution >= 0.6 is 0 Å². The van der Waals surface area contributed by atoms with Crippen molar-refractivity contribution in [2.75, 3.05) is 23.1 Å². The molecule has 0 atom stereocenters. The number of nitrogens with zero attached hydrogens (tertiary/aromatic N) is 1. The SMILES string of the molecule is COc1cc(NC(=O)C(=O)Nc2cccc(NC(=O)OC(C)(C)C)c2)ccc1-c1cnco1. The average molecular weight is 452 g/mol. The first-order chi connectivity index (χ1) is 15.6. The summed E-state index contributed by atoms with van der Waals surface area (Å²) >= 11 is 0. The van der Waals surface area contributed by atoms with E-state index < -0.39 is 23.5 Å². The lowest BCUT2D eigenvalue weighted by molar-refractivity contribution is -0.132. The Morgan fingerprint density at radius 3 is 2.12 bits per heavy atom. The van der Waals surface area contributed by atoms with Crippen molar-refractivity contribution in [3.05, 3.63) is 55.1 Å². The maximum atomic E-state index is 12.4. The van der Waals surface area contributed by atoms with Gasteiger partial charge in [0.25, 0.3) is 0 Å². The van der Waals surface area contributed by atoms with Crippen LogP contribution < -0.4 is 20.7 Å². The molecule has 0 saturated heterocycles. The number of hydrogen-bond donors (Lipinski definition) is 3. The summed E-state index contributed by atoms with van der Waals surface area (Å²) in [7, 11) is 1.48. The number of hydrogen-bond acceptors (Lipinski definition) is 7. The Labute approximate surface area is 190 Å². The van der Waals surface area contributed by atoms with Gasteiger partial charge in [-0.1, -0.05) is 6.07 Å². The van der Waals surface area contributed by atoms with E-state index in [-0.39, 0.29) is 0 Å². The monoisotopic (exact) mass is 452 g/mol. The molecular weight excluding hydrogens is 428 g/mol. The van der Waals surface area contributed by atoms with Crippen molar-refractivity contribution in [1.29, 1.82) is 0 Å². The van der Waals surface area contributed by atoms with Crippen molar-refractivity contribution in [2.45, 2.75) is 26.4 Å². The molecule has 0 spiro atoms.